The van der Waals surface area contributed by atoms with Crippen molar-refractivity contribution in [3.63, 3.8) is 0 Å². The minimum absolute atomic E-state index is 0.328. The van der Waals surface area contributed by atoms with Crippen molar-refractivity contribution in [2.24, 2.45) is 0 Å². The first-order valence-corrected chi connectivity index (χ1v) is 7.55. The monoisotopic (exact) mass is 348 g/mol. The van der Waals surface area contributed by atoms with Crippen LogP contribution in [0.15, 0.2) is 36.5 Å². The second-order valence-electron chi connectivity index (χ2n) is 5.32. The Morgan fingerprint density at radius 2 is 1.84 bits per heavy atom. The number of pyridine rings is 1. The third-order valence-corrected chi connectivity index (χ3v) is 3.42. The molecule has 132 valence electrons. The van der Waals surface area contributed by atoms with Gasteiger partial charge in [-0.25, -0.2) is 13.8 Å². The molecule has 2 amide bonds. The summed E-state index contributed by atoms with van der Waals surface area (Å²) >= 11 is 0. The van der Waals surface area contributed by atoms with Crippen molar-refractivity contribution in [1.82, 2.24) is 10.3 Å². The van der Waals surface area contributed by atoms with Gasteiger partial charge in [0, 0.05) is 19.5 Å². The Bertz CT molecular complexity index is 745. The lowest BCUT2D eigenvalue weighted by Gasteiger charge is -2.19. The molecule has 0 fully saturated rings. The first-order chi connectivity index (χ1) is 11.9. The van der Waals surface area contributed by atoms with E-state index in [4.69, 9.17) is 0 Å². The largest absolute Gasteiger partial charge is 0.373 e. The number of aromatic nitrogens is 1. The molecule has 1 atom stereocenters. The number of benzene rings is 1. The van der Waals surface area contributed by atoms with Crippen molar-refractivity contribution in [3.8, 4) is 0 Å². The fraction of sp³-hybridized carbons (Fsp3) is 0.235. The van der Waals surface area contributed by atoms with Crippen molar-refractivity contribution in [2.75, 3.05) is 17.7 Å². The van der Waals surface area contributed by atoms with E-state index in [0.29, 0.717) is 11.5 Å². The Balaban J connectivity index is 2.15. The molecule has 1 unspecified atom stereocenters. The number of carbonyl (C=O) groups is 2. The van der Waals surface area contributed by atoms with Gasteiger partial charge in [0.15, 0.2) is 0 Å². The van der Waals surface area contributed by atoms with Crippen LogP contribution in [-0.4, -0.2) is 23.8 Å². The lowest BCUT2D eigenvalue weighted by atomic mass is 10.0. The first-order valence-electron chi connectivity index (χ1n) is 7.55. The summed E-state index contributed by atoms with van der Waals surface area (Å²) in [5.41, 5.74) is 0.0797. The number of hydrogen-bond acceptors (Lipinski definition) is 4. The number of hydrogen-bond donors (Lipinski definition) is 3. The van der Waals surface area contributed by atoms with Gasteiger partial charge in [0.2, 0.25) is 11.8 Å². The fourth-order valence-electron chi connectivity index (χ4n) is 2.33. The summed E-state index contributed by atoms with van der Waals surface area (Å²) in [6.45, 7) is 1.21. The quantitative estimate of drug-likeness (QED) is 0.749. The van der Waals surface area contributed by atoms with E-state index in [1.54, 1.807) is 19.2 Å². The molecule has 3 N–H and O–H groups in total. The summed E-state index contributed by atoms with van der Waals surface area (Å²) in [7, 11) is 1.71. The topological polar surface area (TPSA) is 83.1 Å². The Hall–Kier alpha value is -3.03. The van der Waals surface area contributed by atoms with E-state index < -0.39 is 29.5 Å². The summed E-state index contributed by atoms with van der Waals surface area (Å²) in [6, 6.07) is 5.54. The van der Waals surface area contributed by atoms with Crippen LogP contribution in [0.1, 0.15) is 24.9 Å². The summed E-state index contributed by atoms with van der Waals surface area (Å²) in [5.74, 6) is -2.04. The Labute approximate surface area is 143 Å². The minimum atomic E-state index is -1.12. The Morgan fingerprint density at radius 1 is 1.16 bits per heavy atom. The average Bonchev–Trinajstić information content (AvgIpc) is 2.54. The zero-order chi connectivity index (χ0) is 18.4. The molecule has 1 aromatic carbocycles. The van der Waals surface area contributed by atoms with Crippen LogP contribution in [-0.2, 0) is 9.59 Å². The van der Waals surface area contributed by atoms with Crippen molar-refractivity contribution in [2.45, 2.75) is 19.4 Å². The third-order valence-electron chi connectivity index (χ3n) is 3.42. The van der Waals surface area contributed by atoms with Crippen LogP contribution in [0.3, 0.4) is 0 Å². The number of rotatable bonds is 6. The number of amides is 2. The molecule has 6 nitrogen and oxygen atoms in total. The second kappa shape index (κ2) is 8.18. The lowest BCUT2D eigenvalue weighted by molar-refractivity contribution is -0.120. The van der Waals surface area contributed by atoms with Crippen LogP contribution in [0.25, 0.3) is 0 Å². The van der Waals surface area contributed by atoms with Crippen LogP contribution in [0, 0.1) is 11.6 Å². The van der Waals surface area contributed by atoms with Crippen molar-refractivity contribution in [1.29, 1.82) is 0 Å². The number of nitrogens with zero attached hydrogens (tertiary/aromatic N) is 1. The van der Waals surface area contributed by atoms with Crippen LogP contribution in [0.4, 0.5) is 20.3 Å². The number of carbonyl (C=O) groups excluding carboxylic acids is 2. The van der Waals surface area contributed by atoms with Gasteiger partial charge in [-0.05, 0) is 24.3 Å². The molecule has 2 rings (SSSR count). The normalized spacial score (nSPS) is 11.5. The van der Waals surface area contributed by atoms with Gasteiger partial charge in [0.05, 0.1) is 24.3 Å². The summed E-state index contributed by atoms with van der Waals surface area (Å²) in [5, 5.41) is 7.83. The van der Waals surface area contributed by atoms with Crippen molar-refractivity contribution in [3.05, 3.63) is 53.7 Å². The molecule has 0 saturated heterocycles. The molecule has 1 aromatic heterocycles. The summed E-state index contributed by atoms with van der Waals surface area (Å²) in [6.07, 6.45) is 1.12. The molecule has 8 heteroatoms. The minimum Gasteiger partial charge on any atom is -0.373 e. The zero-order valence-electron chi connectivity index (χ0n) is 13.8. The van der Waals surface area contributed by atoms with Crippen LogP contribution < -0.4 is 16.0 Å². The average molecular weight is 348 g/mol. The molecule has 1 heterocycles. The van der Waals surface area contributed by atoms with Crippen molar-refractivity contribution < 1.29 is 18.4 Å². The maximum atomic E-state index is 14.0. The number of nitrogens with one attached hydrogen (secondary N) is 3. The SMILES string of the molecule is CNc1ccc(NC(=O)CC(NC(C)=O)c2c(F)cccc2F)cn1. The van der Waals surface area contributed by atoms with E-state index in [-0.39, 0.29) is 12.0 Å². The van der Waals surface area contributed by atoms with Crippen LogP contribution >= 0.6 is 0 Å². The maximum absolute atomic E-state index is 14.0. The molecule has 25 heavy (non-hydrogen) atoms. The van der Waals surface area contributed by atoms with Gasteiger partial charge in [0.1, 0.15) is 17.5 Å². The highest BCUT2D eigenvalue weighted by atomic mass is 19.1. The molecular weight excluding hydrogens is 330 g/mol. The molecule has 0 saturated carbocycles. The molecule has 0 aliphatic rings. The first kappa shape index (κ1) is 18.3. The van der Waals surface area contributed by atoms with E-state index in [1.165, 1.54) is 19.2 Å². The van der Waals surface area contributed by atoms with Gasteiger partial charge in [-0.1, -0.05) is 6.07 Å². The highest BCUT2D eigenvalue weighted by Crippen LogP contribution is 2.24. The van der Waals surface area contributed by atoms with Gasteiger partial charge in [0.25, 0.3) is 0 Å². The number of halogens is 2. The lowest BCUT2D eigenvalue weighted by Crippen LogP contribution is -2.31. The van der Waals surface area contributed by atoms with E-state index in [0.717, 1.165) is 12.1 Å². The van der Waals surface area contributed by atoms with Crippen LogP contribution in [0.2, 0.25) is 0 Å². The Morgan fingerprint density at radius 3 is 2.36 bits per heavy atom. The van der Waals surface area contributed by atoms with Crippen molar-refractivity contribution >= 4 is 23.3 Å². The maximum Gasteiger partial charge on any atom is 0.226 e. The second-order valence-corrected chi connectivity index (χ2v) is 5.32. The van der Waals surface area contributed by atoms with Gasteiger partial charge in [-0.3, -0.25) is 9.59 Å². The molecular formula is C17H18F2N4O2. The molecule has 0 aliphatic carbocycles. The highest BCUT2D eigenvalue weighted by molar-refractivity contribution is 5.91. The smallest absolute Gasteiger partial charge is 0.226 e. The molecule has 2 aromatic rings. The van der Waals surface area contributed by atoms with E-state index in [2.05, 4.69) is 20.9 Å². The highest BCUT2D eigenvalue weighted by Gasteiger charge is 2.23. The standard InChI is InChI=1S/C17H18F2N4O2/c1-10(24)22-14(17-12(18)4-3-5-13(17)19)8-16(25)23-11-6-7-15(20-2)21-9-11/h3-7,9,14H,8H2,1-2H3,(H,20,21)(H,22,24)(H,23,25). The van der Waals surface area contributed by atoms with Gasteiger partial charge < -0.3 is 16.0 Å². The summed E-state index contributed by atoms with van der Waals surface area (Å²) < 4.78 is 27.9. The molecule has 0 spiro atoms. The van der Waals surface area contributed by atoms with E-state index in [1.807, 2.05) is 0 Å². The molecule has 0 aliphatic heterocycles. The van der Waals surface area contributed by atoms with E-state index in [9.17, 15) is 18.4 Å². The fourth-order valence-corrected chi connectivity index (χ4v) is 2.33. The molecule has 0 bridgehead atoms. The van der Waals surface area contributed by atoms with Gasteiger partial charge >= 0.3 is 0 Å². The zero-order valence-corrected chi connectivity index (χ0v) is 13.8. The van der Waals surface area contributed by atoms with Crippen LogP contribution in [0.5, 0.6) is 0 Å². The van der Waals surface area contributed by atoms with E-state index >= 15 is 0 Å². The Kier molecular flexibility index (Phi) is 5.99. The molecule has 0 radical (unpaired) electrons. The predicted molar refractivity (Wildman–Crippen MR) is 89.9 cm³/mol. The number of anilines is 2. The third kappa shape index (κ3) is 4.97. The summed E-state index contributed by atoms with van der Waals surface area (Å²) in [4.78, 5) is 27.6. The van der Waals surface area contributed by atoms with Gasteiger partial charge in [-0.2, -0.15) is 0 Å². The van der Waals surface area contributed by atoms with Gasteiger partial charge in [-0.15, -0.1) is 0 Å². The predicted octanol–water partition coefficient (Wildman–Crippen LogP) is 2.61.